The second-order valence-corrected chi connectivity index (χ2v) is 7.54. The van der Waals surface area contributed by atoms with Gasteiger partial charge in [-0.2, -0.15) is 0 Å². The van der Waals surface area contributed by atoms with Crippen molar-refractivity contribution < 1.29 is 24.2 Å². The number of benzene rings is 1. The fourth-order valence-electron chi connectivity index (χ4n) is 3.10. The average Bonchev–Trinajstić information content (AvgIpc) is 2.65. The number of rotatable bonds is 3. The first-order valence-corrected chi connectivity index (χ1v) is 9.00. The minimum Gasteiger partial charge on any atom is -0.480 e. The molecular weight excluding hydrogens is 364 g/mol. The van der Waals surface area contributed by atoms with Crippen LogP contribution in [0.3, 0.4) is 0 Å². The molecule has 3 rings (SSSR count). The van der Waals surface area contributed by atoms with Gasteiger partial charge in [0, 0.05) is 43.3 Å². The van der Waals surface area contributed by atoms with Crippen molar-refractivity contribution in [3.05, 3.63) is 23.8 Å². The van der Waals surface area contributed by atoms with E-state index < -0.39 is 11.6 Å². The van der Waals surface area contributed by atoms with Crippen LogP contribution in [0, 0.1) is 0 Å². The van der Waals surface area contributed by atoms with Crippen LogP contribution in [0.25, 0.3) is 10.9 Å². The van der Waals surface area contributed by atoms with Crippen LogP contribution in [0.5, 0.6) is 5.88 Å². The Morgan fingerprint density at radius 2 is 1.79 bits per heavy atom. The summed E-state index contributed by atoms with van der Waals surface area (Å²) in [5.41, 5.74) is 0.686. The Morgan fingerprint density at radius 3 is 2.36 bits per heavy atom. The topological polar surface area (TPSA) is 105 Å². The van der Waals surface area contributed by atoms with Gasteiger partial charge in [0.05, 0.1) is 12.7 Å². The summed E-state index contributed by atoms with van der Waals surface area (Å²) in [5.74, 6) is -0.755. The number of carbonyl (C=O) groups excluding carboxylic acids is 1. The summed E-state index contributed by atoms with van der Waals surface area (Å²) >= 11 is 0. The van der Waals surface area contributed by atoms with E-state index in [4.69, 9.17) is 9.47 Å². The fourth-order valence-corrected chi connectivity index (χ4v) is 3.10. The summed E-state index contributed by atoms with van der Waals surface area (Å²) in [6.45, 7) is 7.71. The molecule has 0 bridgehead atoms. The number of aromatic carboxylic acids is 1. The first-order chi connectivity index (χ1) is 13.2. The molecule has 28 heavy (non-hydrogen) atoms. The summed E-state index contributed by atoms with van der Waals surface area (Å²) in [7, 11) is 1.48. The Hall–Kier alpha value is -3.10. The molecule has 1 N–H and O–H groups in total. The third-order valence-corrected chi connectivity index (χ3v) is 4.42. The molecule has 2 aromatic rings. The molecule has 0 spiro atoms. The van der Waals surface area contributed by atoms with Crippen molar-refractivity contribution in [1.29, 1.82) is 0 Å². The maximum Gasteiger partial charge on any atom is 0.410 e. The number of amides is 1. The lowest BCUT2D eigenvalue weighted by atomic mass is 10.1. The molecule has 1 saturated heterocycles. The molecule has 1 aromatic carbocycles. The lowest BCUT2D eigenvalue weighted by Crippen LogP contribution is -2.50. The molecule has 1 aromatic heterocycles. The number of piperazine rings is 1. The Bertz CT molecular complexity index is 901. The molecule has 1 aliphatic rings. The average molecular weight is 388 g/mol. The number of hydrogen-bond acceptors (Lipinski definition) is 7. The Kier molecular flexibility index (Phi) is 5.26. The van der Waals surface area contributed by atoms with Gasteiger partial charge >= 0.3 is 12.1 Å². The van der Waals surface area contributed by atoms with Crippen LogP contribution in [-0.2, 0) is 4.74 Å². The standard InChI is InChI=1S/C19H24N4O5/c1-19(2,3)28-18(26)23-9-7-22(8-10-23)14-6-5-12(17(24)25)16-13(14)11-15(27-4)20-21-16/h5-6,11H,7-10H2,1-4H3,(H,24,25). The molecule has 0 radical (unpaired) electrons. The predicted octanol–water partition coefficient (Wildman–Crippen LogP) is 2.39. The van der Waals surface area contributed by atoms with E-state index >= 15 is 0 Å². The lowest BCUT2D eigenvalue weighted by Gasteiger charge is -2.37. The lowest BCUT2D eigenvalue weighted by molar-refractivity contribution is 0.0240. The molecule has 0 aliphatic carbocycles. The predicted molar refractivity (Wildman–Crippen MR) is 103 cm³/mol. The number of anilines is 1. The van der Waals surface area contributed by atoms with Crippen LogP contribution in [0.2, 0.25) is 0 Å². The molecule has 9 nitrogen and oxygen atoms in total. The van der Waals surface area contributed by atoms with E-state index in [1.54, 1.807) is 17.0 Å². The Balaban J connectivity index is 1.86. The van der Waals surface area contributed by atoms with E-state index in [0.717, 1.165) is 5.69 Å². The number of methoxy groups -OCH3 is 1. The molecule has 1 aliphatic heterocycles. The highest BCUT2D eigenvalue weighted by molar-refractivity contribution is 6.06. The minimum absolute atomic E-state index is 0.0845. The second-order valence-electron chi connectivity index (χ2n) is 7.54. The van der Waals surface area contributed by atoms with Crippen LogP contribution in [-0.4, -0.2) is 71.2 Å². The van der Waals surface area contributed by atoms with Crippen molar-refractivity contribution in [2.24, 2.45) is 0 Å². The van der Waals surface area contributed by atoms with Gasteiger partial charge in [0.25, 0.3) is 0 Å². The maximum absolute atomic E-state index is 12.3. The van der Waals surface area contributed by atoms with Crippen molar-refractivity contribution in [3.8, 4) is 5.88 Å². The molecule has 9 heteroatoms. The van der Waals surface area contributed by atoms with Gasteiger partial charge in [-0.15, -0.1) is 10.2 Å². The first kappa shape index (κ1) is 19.7. The molecule has 0 saturated carbocycles. The van der Waals surface area contributed by atoms with Crippen molar-refractivity contribution in [2.75, 3.05) is 38.2 Å². The highest BCUT2D eigenvalue weighted by Crippen LogP contribution is 2.31. The zero-order chi connectivity index (χ0) is 20.5. The van der Waals surface area contributed by atoms with Crippen LogP contribution in [0.4, 0.5) is 10.5 Å². The molecular formula is C19H24N4O5. The smallest absolute Gasteiger partial charge is 0.410 e. The SMILES string of the molecule is COc1cc2c(N3CCN(C(=O)OC(C)(C)C)CC3)ccc(C(=O)O)c2nn1. The molecule has 1 fully saturated rings. The number of nitrogens with zero attached hydrogens (tertiary/aromatic N) is 4. The Morgan fingerprint density at radius 1 is 1.11 bits per heavy atom. The first-order valence-electron chi connectivity index (χ1n) is 9.00. The van der Waals surface area contributed by atoms with E-state index in [9.17, 15) is 14.7 Å². The van der Waals surface area contributed by atoms with Gasteiger partial charge < -0.3 is 24.4 Å². The van der Waals surface area contributed by atoms with Crippen molar-refractivity contribution in [1.82, 2.24) is 15.1 Å². The highest BCUT2D eigenvalue weighted by Gasteiger charge is 2.27. The summed E-state index contributed by atoms with van der Waals surface area (Å²) in [5, 5.41) is 18.0. The normalized spacial score (nSPS) is 14.9. The number of fused-ring (bicyclic) bond motifs is 1. The van der Waals surface area contributed by atoms with Crippen LogP contribution in [0.1, 0.15) is 31.1 Å². The number of carboxylic acid groups (broad SMARTS) is 1. The minimum atomic E-state index is -1.06. The summed E-state index contributed by atoms with van der Waals surface area (Å²) < 4.78 is 10.6. The third kappa shape index (κ3) is 4.08. The summed E-state index contributed by atoms with van der Waals surface area (Å²) in [6.07, 6.45) is -0.328. The van der Waals surface area contributed by atoms with Gasteiger partial charge in [-0.05, 0) is 32.9 Å². The zero-order valence-electron chi connectivity index (χ0n) is 16.4. The van der Waals surface area contributed by atoms with Crippen LogP contribution >= 0.6 is 0 Å². The van der Waals surface area contributed by atoms with Crippen LogP contribution < -0.4 is 9.64 Å². The quantitative estimate of drug-likeness (QED) is 0.855. The zero-order valence-corrected chi connectivity index (χ0v) is 16.4. The van der Waals surface area contributed by atoms with E-state index in [1.165, 1.54) is 13.2 Å². The number of aromatic nitrogens is 2. The number of carboxylic acids is 1. The largest absolute Gasteiger partial charge is 0.480 e. The van der Waals surface area contributed by atoms with Crippen molar-refractivity contribution in [3.63, 3.8) is 0 Å². The van der Waals surface area contributed by atoms with E-state index in [0.29, 0.717) is 43.0 Å². The van der Waals surface area contributed by atoms with E-state index in [-0.39, 0.29) is 11.7 Å². The summed E-state index contributed by atoms with van der Waals surface area (Å²) in [6, 6.07) is 4.97. The van der Waals surface area contributed by atoms with Gasteiger partial charge in [0.1, 0.15) is 11.1 Å². The molecule has 0 unspecified atom stereocenters. The Labute approximate surface area is 162 Å². The number of carbonyl (C=O) groups is 2. The van der Waals surface area contributed by atoms with Gasteiger partial charge in [-0.25, -0.2) is 9.59 Å². The van der Waals surface area contributed by atoms with E-state index in [1.807, 2.05) is 20.8 Å². The molecule has 2 heterocycles. The van der Waals surface area contributed by atoms with Gasteiger partial charge in [0.15, 0.2) is 0 Å². The number of hydrogen-bond donors (Lipinski definition) is 1. The van der Waals surface area contributed by atoms with Gasteiger partial charge in [-0.3, -0.25) is 0 Å². The number of ether oxygens (including phenoxy) is 2. The maximum atomic E-state index is 12.3. The van der Waals surface area contributed by atoms with Gasteiger partial charge in [-0.1, -0.05) is 0 Å². The molecule has 1 amide bonds. The second kappa shape index (κ2) is 7.49. The third-order valence-electron chi connectivity index (χ3n) is 4.42. The monoisotopic (exact) mass is 388 g/mol. The highest BCUT2D eigenvalue weighted by atomic mass is 16.6. The molecule has 0 atom stereocenters. The van der Waals surface area contributed by atoms with E-state index in [2.05, 4.69) is 15.1 Å². The van der Waals surface area contributed by atoms with Crippen LogP contribution in [0.15, 0.2) is 18.2 Å². The van der Waals surface area contributed by atoms with Crippen molar-refractivity contribution in [2.45, 2.75) is 26.4 Å². The summed E-state index contributed by atoms with van der Waals surface area (Å²) in [4.78, 5) is 27.5. The molecule has 150 valence electrons. The van der Waals surface area contributed by atoms with Gasteiger partial charge in [0.2, 0.25) is 5.88 Å². The van der Waals surface area contributed by atoms with Crippen molar-refractivity contribution >= 4 is 28.7 Å². The fraction of sp³-hybridized carbons (Fsp3) is 0.474.